The second-order valence-corrected chi connectivity index (χ2v) is 7.15. The fourth-order valence-corrected chi connectivity index (χ4v) is 3.06. The molecule has 0 spiro atoms. The third kappa shape index (κ3) is 13.0. The fraction of sp³-hybridized carbons (Fsp3) is 0.737. The van der Waals surface area contributed by atoms with Crippen LogP contribution in [0.15, 0.2) is 12.2 Å². The molecule has 8 nitrogen and oxygen atoms in total. The molecule has 0 fully saturated rings. The van der Waals surface area contributed by atoms with E-state index in [1.165, 1.54) is 6.92 Å². The Labute approximate surface area is 210 Å². The van der Waals surface area contributed by atoms with E-state index in [-0.39, 0.29) is 101 Å². The first-order chi connectivity index (χ1) is 12.7. The molecule has 1 amide bonds. The Bertz CT molecular complexity index is 491. The second kappa shape index (κ2) is 16.5. The SMILES string of the molecule is CCC/C=C/CC(=O)NCC[N+](CCO)(CC(C)C(=O)[O-])CC(C)C(=O)O.[K+]. The minimum absolute atomic E-state index is 0. The first-order valence-electron chi connectivity index (χ1n) is 9.48. The maximum Gasteiger partial charge on any atom is 1.00 e. The van der Waals surface area contributed by atoms with Gasteiger partial charge in [-0.3, -0.25) is 9.59 Å². The molecule has 0 aromatic carbocycles. The molecule has 0 aromatic rings. The van der Waals surface area contributed by atoms with Gasteiger partial charge in [-0.1, -0.05) is 32.4 Å². The van der Waals surface area contributed by atoms with E-state index in [4.69, 9.17) is 0 Å². The van der Waals surface area contributed by atoms with Crippen LogP contribution in [0.1, 0.15) is 40.0 Å². The monoisotopic (exact) mass is 425 g/mol. The zero-order valence-corrected chi connectivity index (χ0v) is 20.8. The molecule has 0 saturated carbocycles. The van der Waals surface area contributed by atoms with Crippen LogP contribution < -0.4 is 61.8 Å². The van der Waals surface area contributed by atoms with Crippen LogP contribution in [0.5, 0.6) is 0 Å². The van der Waals surface area contributed by atoms with Crippen molar-refractivity contribution in [1.82, 2.24) is 5.32 Å². The summed E-state index contributed by atoms with van der Waals surface area (Å²) in [6, 6.07) is 0. The molecule has 0 radical (unpaired) electrons. The van der Waals surface area contributed by atoms with Gasteiger partial charge in [-0.05, 0) is 13.3 Å². The van der Waals surface area contributed by atoms with Crippen LogP contribution in [0.4, 0.5) is 0 Å². The van der Waals surface area contributed by atoms with Crippen molar-refractivity contribution in [3.8, 4) is 0 Å². The summed E-state index contributed by atoms with van der Waals surface area (Å²) in [6.07, 6.45) is 5.94. The Morgan fingerprint density at radius 3 is 2.21 bits per heavy atom. The third-order valence-corrected chi connectivity index (χ3v) is 4.55. The molecule has 0 aliphatic rings. The van der Waals surface area contributed by atoms with Crippen LogP contribution in [-0.4, -0.2) is 71.9 Å². The number of nitrogens with zero attached hydrogens (tertiary/aromatic N) is 1. The molecule has 28 heavy (non-hydrogen) atoms. The van der Waals surface area contributed by atoms with Gasteiger partial charge in [-0.15, -0.1) is 0 Å². The number of carboxylic acids is 2. The number of aliphatic carboxylic acids is 2. The van der Waals surface area contributed by atoms with Gasteiger partial charge in [-0.25, -0.2) is 0 Å². The Kier molecular flexibility index (Phi) is 17.6. The summed E-state index contributed by atoms with van der Waals surface area (Å²) in [4.78, 5) is 34.3. The van der Waals surface area contributed by atoms with Crippen LogP contribution in [0.2, 0.25) is 0 Å². The summed E-state index contributed by atoms with van der Waals surface area (Å²) in [5, 5.41) is 32.6. The quantitative estimate of drug-likeness (QED) is 0.144. The van der Waals surface area contributed by atoms with Gasteiger partial charge in [0.15, 0.2) is 0 Å². The number of hydrogen-bond acceptors (Lipinski definition) is 5. The number of unbranched alkanes of at least 4 members (excludes halogenated alkanes) is 1. The van der Waals surface area contributed by atoms with Crippen molar-refractivity contribution in [2.24, 2.45) is 11.8 Å². The Morgan fingerprint density at radius 2 is 1.71 bits per heavy atom. The number of quaternary nitrogens is 1. The molecule has 0 aliphatic carbocycles. The minimum atomic E-state index is -1.22. The van der Waals surface area contributed by atoms with Gasteiger partial charge in [0, 0.05) is 18.3 Å². The number of carbonyl (C=O) groups is 3. The van der Waals surface area contributed by atoms with Crippen LogP contribution in [0.25, 0.3) is 0 Å². The van der Waals surface area contributed by atoms with E-state index in [1.807, 2.05) is 6.08 Å². The molecular weight excluding hydrogens is 391 g/mol. The summed E-state index contributed by atoms with van der Waals surface area (Å²) in [6.45, 7) is 6.01. The molecule has 156 valence electrons. The van der Waals surface area contributed by atoms with E-state index in [0.717, 1.165) is 12.8 Å². The van der Waals surface area contributed by atoms with Gasteiger partial charge in [0.25, 0.3) is 0 Å². The summed E-state index contributed by atoms with van der Waals surface area (Å²) in [5.41, 5.74) is 0. The van der Waals surface area contributed by atoms with Gasteiger partial charge in [-0.2, -0.15) is 0 Å². The molecule has 0 saturated heterocycles. The van der Waals surface area contributed by atoms with Crippen molar-refractivity contribution >= 4 is 17.8 Å². The molecule has 3 N–H and O–H groups in total. The zero-order chi connectivity index (χ0) is 20.9. The molecule has 0 bridgehead atoms. The average molecular weight is 426 g/mol. The van der Waals surface area contributed by atoms with Gasteiger partial charge in [0.2, 0.25) is 5.91 Å². The summed E-state index contributed by atoms with van der Waals surface area (Å²) < 4.78 is 0.0884. The maximum atomic E-state index is 11.9. The standard InChI is InChI=1S/C19H34N2O6.K/c1-4-5-6-7-8-17(23)20-9-10-21(11-12-22,13-15(2)18(24)25)14-16(3)19(26)27;/h6-7,15-16,22H,4-5,8-14H2,1-3H3,(H2-,20,23,24,25,26,27);/q;+1/b7-6+;. The van der Waals surface area contributed by atoms with Crippen LogP contribution in [-0.2, 0) is 14.4 Å². The number of rotatable bonds is 15. The Balaban J connectivity index is 0. The topological polar surface area (TPSA) is 127 Å². The van der Waals surface area contributed by atoms with Crippen molar-refractivity contribution in [2.45, 2.75) is 40.0 Å². The number of aliphatic hydroxyl groups is 1. The number of aliphatic hydroxyl groups excluding tert-OH is 1. The van der Waals surface area contributed by atoms with E-state index in [1.54, 1.807) is 13.0 Å². The number of carboxylic acid groups (broad SMARTS) is 2. The number of carbonyl (C=O) groups excluding carboxylic acids is 2. The predicted octanol–water partition coefficient (Wildman–Crippen LogP) is -3.23. The summed E-state index contributed by atoms with van der Waals surface area (Å²) in [5.74, 6) is -3.86. The third-order valence-electron chi connectivity index (χ3n) is 4.55. The van der Waals surface area contributed by atoms with Gasteiger partial charge in [0.05, 0.1) is 32.8 Å². The maximum absolute atomic E-state index is 11.9. The fourth-order valence-electron chi connectivity index (χ4n) is 3.06. The van der Waals surface area contributed by atoms with Gasteiger partial charge < -0.3 is 29.9 Å². The molecule has 0 rings (SSSR count). The van der Waals surface area contributed by atoms with E-state index in [0.29, 0.717) is 6.54 Å². The number of nitrogens with one attached hydrogen (secondary N) is 1. The molecule has 0 aliphatic heterocycles. The Morgan fingerprint density at radius 1 is 1.11 bits per heavy atom. The number of allylic oxidation sites excluding steroid dienone is 1. The van der Waals surface area contributed by atoms with Crippen molar-refractivity contribution < 1.29 is 85.6 Å². The van der Waals surface area contributed by atoms with Crippen LogP contribution in [0.3, 0.4) is 0 Å². The van der Waals surface area contributed by atoms with E-state index in [2.05, 4.69) is 12.2 Å². The largest absolute Gasteiger partial charge is 1.00 e. The Hall–Kier alpha value is -0.294. The average Bonchev–Trinajstić information content (AvgIpc) is 2.58. The van der Waals surface area contributed by atoms with E-state index >= 15 is 0 Å². The second-order valence-electron chi connectivity index (χ2n) is 7.15. The van der Waals surface area contributed by atoms with Gasteiger partial charge >= 0.3 is 57.4 Å². The van der Waals surface area contributed by atoms with E-state index in [9.17, 15) is 29.7 Å². The van der Waals surface area contributed by atoms with Crippen molar-refractivity contribution in [1.29, 1.82) is 0 Å². The molecule has 0 heterocycles. The normalized spacial score (nSPS) is 15.3. The molecule has 9 heteroatoms. The first kappa shape index (κ1) is 29.9. The van der Waals surface area contributed by atoms with Crippen LogP contribution >= 0.6 is 0 Å². The van der Waals surface area contributed by atoms with Crippen molar-refractivity contribution in [2.75, 3.05) is 39.3 Å². The predicted molar refractivity (Wildman–Crippen MR) is 99.5 cm³/mol. The molecular formula is C19H34KN2O6+. The first-order valence-corrected chi connectivity index (χ1v) is 9.48. The summed E-state index contributed by atoms with van der Waals surface area (Å²) in [7, 11) is 0. The van der Waals surface area contributed by atoms with Gasteiger partial charge in [0.1, 0.15) is 12.5 Å². The van der Waals surface area contributed by atoms with Crippen molar-refractivity contribution in [3.63, 3.8) is 0 Å². The summed E-state index contributed by atoms with van der Waals surface area (Å²) >= 11 is 0. The zero-order valence-electron chi connectivity index (χ0n) is 17.6. The van der Waals surface area contributed by atoms with Crippen molar-refractivity contribution in [3.05, 3.63) is 12.2 Å². The van der Waals surface area contributed by atoms with Crippen LogP contribution in [0, 0.1) is 11.8 Å². The molecule has 0 aromatic heterocycles. The smallest absolute Gasteiger partial charge is 0.550 e. The van der Waals surface area contributed by atoms with E-state index < -0.39 is 23.8 Å². The minimum Gasteiger partial charge on any atom is -0.550 e. The number of hydrogen-bond donors (Lipinski definition) is 3. The number of amides is 1. The molecule has 3 unspecified atom stereocenters. The molecule has 3 atom stereocenters.